The topological polar surface area (TPSA) is 45.2 Å². The Bertz CT molecular complexity index is 411. The number of carbonyl (C=O) groups excluding carboxylic acids is 1. The molecule has 0 bridgehead atoms. The van der Waals surface area contributed by atoms with Crippen LogP contribution in [-0.4, -0.2) is 42.5 Å². The summed E-state index contributed by atoms with van der Waals surface area (Å²) in [6.45, 7) is 5.10. The van der Waals surface area contributed by atoms with Gasteiger partial charge in [0.15, 0.2) is 0 Å². The number of halogens is 1. The predicted octanol–water partition coefficient (Wildman–Crippen LogP) is 2.44. The number of aromatic nitrogens is 1. The fraction of sp³-hybridized carbons (Fsp3) is 0.571. The second-order valence-electron chi connectivity index (χ2n) is 5.41. The van der Waals surface area contributed by atoms with Gasteiger partial charge in [0, 0.05) is 12.6 Å². The van der Waals surface area contributed by atoms with E-state index in [1.807, 2.05) is 14.1 Å². The van der Waals surface area contributed by atoms with E-state index in [4.69, 9.17) is 11.6 Å². The van der Waals surface area contributed by atoms with Crippen molar-refractivity contribution in [1.82, 2.24) is 15.2 Å². The number of amides is 1. The molecular weight excluding hydrogens is 262 g/mol. The number of nitrogens with one attached hydrogen (secondary N) is 1. The summed E-state index contributed by atoms with van der Waals surface area (Å²) in [5.41, 5.74) is 0.361. The minimum Gasteiger partial charge on any atom is -0.347 e. The van der Waals surface area contributed by atoms with E-state index in [0.717, 1.165) is 13.0 Å². The van der Waals surface area contributed by atoms with Gasteiger partial charge in [-0.1, -0.05) is 31.5 Å². The Hall–Kier alpha value is -1.13. The van der Waals surface area contributed by atoms with Crippen molar-refractivity contribution in [2.24, 2.45) is 5.92 Å². The fourth-order valence-electron chi connectivity index (χ4n) is 1.98. The van der Waals surface area contributed by atoms with Gasteiger partial charge in [-0.05, 0) is 38.6 Å². The van der Waals surface area contributed by atoms with Crippen LogP contribution in [0, 0.1) is 5.92 Å². The van der Waals surface area contributed by atoms with Gasteiger partial charge in [0.2, 0.25) is 0 Å². The Morgan fingerprint density at radius 1 is 1.42 bits per heavy atom. The number of hydrogen-bond acceptors (Lipinski definition) is 3. The highest BCUT2D eigenvalue weighted by molar-refractivity contribution is 6.29. The van der Waals surface area contributed by atoms with Crippen molar-refractivity contribution in [3.8, 4) is 0 Å². The average molecular weight is 284 g/mol. The normalized spacial score (nSPS) is 12.8. The van der Waals surface area contributed by atoms with E-state index in [0.29, 0.717) is 16.8 Å². The van der Waals surface area contributed by atoms with E-state index in [9.17, 15) is 4.79 Å². The third-order valence-corrected chi connectivity index (χ3v) is 2.83. The van der Waals surface area contributed by atoms with Gasteiger partial charge in [-0.25, -0.2) is 4.98 Å². The van der Waals surface area contributed by atoms with Crippen LogP contribution in [0.1, 0.15) is 30.8 Å². The van der Waals surface area contributed by atoms with Crippen LogP contribution in [0.25, 0.3) is 0 Å². The van der Waals surface area contributed by atoms with Crippen molar-refractivity contribution in [1.29, 1.82) is 0 Å². The quantitative estimate of drug-likeness (QED) is 0.816. The molecule has 1 heterocycles. The second-order valence-corrected chi connectivity index (χ2v) is 5.79. The summed E-state index contributed by atoms with van der Waals surface area (Å²) in [7, 11) is 3.99. The molecule has 1 unspecified atom stereocenters. The highest BCUT2D eigenvalue weighted by Gasteiger charge is 2.16. The molecule has 1 N–H and O–H groups in total. The van der Waals surface area contributed by atoms with Crippen LogP contribution in [-0.2, 0) is 0 Å². The van der Waals surface area contributed by atoms with E-state index in [2.05, 4.69) is 29.0 Å². The molecule has 1 atom stereocenters. The van der Waals surface area contributed by atoms with Gasteiger partial charge in [0.1, 0.15) is 10.8 Å². The van der Waals surface area contributed by atoms with E-state index in [1.165, 1.54) is 0 Å². The lowest BCUT2D eigenvalue weighted by atomic mass is 10.0. The first-order valence-electron chi connectivity index (χ1n) is 6.46. The first-order valence-corrected chi connectivity index (χ1v) is 6.84. The maximum Gasteiger partial charge on any atom is 0.270 e. The lowest BCUT2D eigenvalue weighted by molar-refractivity contribution is 0.0919. The van der Waals surface area contributed by atoms with Crippen LogP contribution in [0.5, 0.6) is 0 Å². The molecule has 0 aliphatic carbocycles. The van der Waals surface area contributed by atoms with Crippen LogP contribution >= 0.6 is 11.6 Å². The maximum atomic E-state index is 12.1. The zero-order valence-electron chi connectivity index (χ0n) is 12.0. The maximum absolute atomic E-state index is 12.1. The van der Waals surface area contributed by atoms with E-state index in [-0.39, 0.29) is 11.9 Å². The molecule has 1 amide bonds. The molecule has 0 aliphatic rings. The number of carbonyl (C=O) groups is 1. The fourth-order valence-corrected chi connectivity index (χ4v) is 2.15. The summed E-state index contributed by atoms with van der Waals surface area (Å²) >= 11 is 5.79. The smallest absolute Gasteiger partial charge is 0.270 e. The van der Waals surface area contributed by atoms with Crippen LogP contribution in [0.2, 0.25) is 5.15 Å². The number of likely N-dealkylation sites (N-methyl/N-ethyl adjacent to an activating group) is 1. The average Bonchev–Trinajstić information content (AvgIpc) is 2.26. The molecule has 1 aromatic heterocycles. The first-order chi connectivity index (χ1) is 8.88. The number of pyridine rings is 1. The molecule has 0 spiro atoms. The highest BCUT2D eigenvalue weighted by atomic mass is 35.5. The highest BCUT2D eigenvalue weighted by Crippen LogP contribution is 2.08. The van der Waals surface area contributed by atoms with Crippen LogP contribution in [0.15, 0.2) is 18.2 Å². The summed E-state index contributed by atoms with van der Waals surface area (Å²) in [5, 5.41) is 3.36. The third-order valence-electron chi connectivity index (χ3n) is 2.62. The van der Waals surface area contributed by atoms with Crippen molar-refractivity contribution in [2.45, 2.75) is 26.3 Å². The van der Waals surface area contributed by atoms with Crippen molar-refractivity contribution in [3.05, 3.63) is 29.0 Å². The van der Waals surface area contributed by atoms with Crippen molar-refractivity contribution < 1.29 is 4.79 Å². The van der Waals surface area contributed by atoms with Gasteiger partial charge in [0.25, 0.3) is 5.91 Å². The predicted molar refractivity (Wildman–Crippen MR) is 78.5 cm³/mol. The van der Waals surface area contributed by atoms with E-state index >= 15 is 0 Å². The number of hydrogen-bond donors (Lipinski definition) is 1. The van der Waals surface area contributed by atoms with Gasteiger partial charge >= 0.3 is 0 Å². The summed E-state index contributed by atoms with van der Waals surface area (Å²) in [4.78, 5) is 18.2. The number of nitrogens with zero attached hydrogens (tertiary/aromatic N) is 2. The van der Waals surface area contributed by atoms with Gasteiger partial charge < -0.3 is 10.2 Å². The Labute approximate surface area is 120 Å². The minimum absolute atomic E-state index is 0.114. The zero-order chi connectivity index (χ0) is 14.4. The van der Waals surface area contributed by atoms with Gasteiger partial charge in [-0.3, -0.25) is 4.79 Å². The molecule has 0 saturated heterocycles. The van der Waals surface area contributed by atoms with Crippen molar-refractivity contribution >= 4 is 17.5 Å². The SMILES string of the molecule is CC(C)CC(CN(C)C)NC(=O)c1cccc(Cl)n1. The van der Waals surface area contributed by atoms with Crippen LogP contribution < -0.4 is 5.32 Å². The summed E-state index contributed by atoms with van der Waals surface area (Å²) in [5.74, 6) is 0.354. The zero-order valence-corrected chi connectivity index (χ0v) is 12.7. The molecule has 106 valence electrons. The largest absolute Gasteiger partial charge is 0.347 e. The first kappa shape index (κ1) is 15.9. The van der Waals surface area contributed by atoms with Crippen molar-refractivity contribution in [3.63, 3.8) is 0 Å². The third kappa shape index (κ3) is 6.03. The Morgan fingerprint density at radius 2 is 2.11 bits per heavy atom. The molecule has 0 aliphatic heterocycles. The standard InChI is InChI=1S/C14H22ClN3O/c1-10(2)8-11(9-18(3)4)16-14(19)12-6-5-7-13(15)17-12/h5-7,10-11H,8-9H2,1-4H3,(H,16,19). The van der Waals surface area contributed by atoms with Crippen LogP contribution in [0.4, 0.5) is 0 Å². The van der Waals surface area contributed by atoms with E-state index < -0.39 is 0 Å². The molecule has 0 aromatic carbocycles. The molecule has 0 fully saturated rings. The molecular formula is C14H22ClN3O. The molecule has 19 heavy (non-hydrogen) atoms. The Balaban J connectivity index is 2.69. The van der Waals surface area contributed by atoms with Gasteiger partial charge in [-0.2, -0.15) is 0 Å². The minimum atomic E-state index is -0.171. The molecule has 0 radical (unpaired) electrons. The van der Waals surface area contributed by atoms with Crippen LogP contribution in [0.3, 0.4) is 0 Å². The summed E-state index contributed by atoms with van der Waals surface area (Å²) in [6, 6.07) is 5.17. The molecule has 5 heteroatoms. The Kier molecular flexibility index (Phi) is 6.25. The molecule has 1 rings (SSSR count). The van der Waals surface area contributed by atoms with Gasteiger partial charge in [-0.15, -0.1) is 0 Å². The summed E-state index contributed by atoms with van der Waals surface area (Å²) in [6.07, 6.45) is 0.935. The summed E-state index contributed by atoms with van der Waals surface area (Å²) < 4.78 is 0. The lowest BCUT2D eigenvalue weighted by Crippen LogP contribution is -2.42. The molecule has 0 saturated carbocycles. The molecule has 4 nitrogen and oxygen atoms in total. The van der Waals surface area contributed by atoms with E-state index in [1.54, 1.807) is 18.2 Å². The van der Waals surface area contributed by atoms with Crippen molar-refractivity contribution in [2.75, 3.05) is 20.6 Å². The monoisotopic (exact) mass is 283 g/mol. The Morgan fingerprint density at radius 3 is 2.63 bits per heavy atom. The van der Waals surface area contributed by atoms with Gasteiger partial charge in [0.05, 0.1) is 0 Å². The lowest BCUT2D eigenvalue weighted by Gasteiger charge is -2.23. The molecule has 1 aromatic rings. The second kappa shape index (κ2) is 7.46. The number of rotatable bonds is 6.